The van der Waals surface area contributed by atoms with Gasteiger partial charge in [-0.15, -0.1) is 0 Å². The first-order valence-corrected chi connectivity index (χ1v) is 13.1. The number of hydrogen-bond acceptors (Lipinski definition) is 4. The molecule has 0 unspecified atom stereocenters. The predicted molar refractivity (Wildman–Crippen MR) is 149 cm³/mol. The molecule has 2 aromatic carbocycles. The summed E-state index contributed by atoms with van der Waals surface area (Å²) in [5.41, 5.74) is 3.87. The molecule has 0 saturated heterocycles. The summed E-state index contributed by atoms with van der Waals surface area (Å²) < 4.78 is 58.1. The van der Waals surface area contributed by atoms with Crippen LogP contribution in [-0.2, 0) is 12.7 Å². The Hall–Kier alpha value is -4.38. The van der Waals surface area contributed by atoms with Crippen LogP contribution in [0.15, 0.2) is 66.9 Å². The number of halogens is 4. The van der Waals surface area contributed by atoms with Crippen LogP contribution in [0, 0.1) is 5.82 Å². The van der Waals surface area contributed by atoms with Crippen LogP contribution >= 0.6 is 0 Å². The zero-order valence-electron chi connectivity index (χ0n) is 22.3. The Morgan fingerprint density at radius 2 is 1.95 bits per heavy atom. The van der Waals surface area contributed by atoms with Gasteiger partial charge in [-0.25, -0.2) is 14.2 Å². The maximum atomic E-state index is 14.0. The Bertz CT molecular complexity index is 1580. The van der Waals surface area contributed by atoms with Crippen molar-refractivity contribution in [2.24, 2.45) is 0 Å². The Labute approximate surface area is 234 Å². The molecule has 3 heterocycles. The molecule has 2 amide bonds. The molecule has 0 bridgehead atoms. The zero-order valence-corrected chi connectivity index (χ0v) is 22.3. The molecule has 0 spiro atoms. The second kappa shape index (κ2) is 12.0. The molecule has 11 heteroatoms. The van der Waals surface area contributed by atoms with Crippen molar-refractivity contribution in [3.8, 4) is 16.9 Å². The predicted octanol–water partition coefficient (Wildman–Crippen LogP) is 5.98. The van der Waals surface area contributed by atoms with E-state index in [2.05, 4.69) is 20.6 Å². The van der Waals surface area contributed by atoms with Crippen LogP contribution in [-0.4, -0.2) is 54.2 Å². The Morgan fingerprint density at radius 1 is 1.10 bits per heavy atom. The first-order valence-electron chi connectivity index (χ1n) is 13.1. The Morgan fingerprint density at radius 3 is 2.71 bits per heavy atom. The molecule has 7 nitrogen and oxygen atoms in total. The van der Waals surface area contributed by atoms with Crippen LogP contribution in [0.25, 0.3) is 27.7 Å². The molecule has 4 aromatic rings. The number of hydrogen-bond donors (Lipinski definition) is 3. The monoisotopic (exact) mass is 567 g/mol. The number of alkyl halides is 3. The number of methoxy groups -OCH3 is 1. The topological polar surface area (TPSA) is 82.3 Å². The van der Waals surface area contributed by atoms with Crippen LogP contribution < -0.4 is 15.4 Å². The number of benzene rings is 2. The molecule has 5 rings (SSSR count). The number of urea groups is 1. The number of nitrogens with one attached hydrogen (secondary N) is 3. The van der Waals surface area contributed by atoms with E-state index in [9.17, 15) is 22.4 Å². The molecule has 0 atom stereocenters. The van der Waals surface area contributed by atoms with Crippen molar-refractivity contribution in [3.05, 3.63) is 89.5 Å². The van der Waals surface area contributed by atoms with Crippen molar-refractivity contribution in [1.29, 1.82) is 0 Å². The van der Waals surface area contributed by atoms with Crippen molar-refractivity contribution in [2.45, 2.75) is 19.1 Å². The minimum Gasteiger partial charge on any atom is -0.496 e. The summed E-state index contributed by atoms with van der Waals surface area (Å²) in [6.45, 7) is 1.96. The molecule has 3 N–H and O–H groups in total. The lowest BCUT2D eigenvalue weighted by atomic mass is 10.0. The van der Waals surface area contributed by atoms with E-state index in [1.54, 1.807) is 30.3 Å². The number of aromatic amines is 1. The van der Waals surface area contributed by atoms with Gasteiger partial charge in [-0.2, -0.15) is 13.2 Å². The maximum absolute atomic E-state index is 14.0. The first kappa shape index (κ1) is 28.2. The summed E-state index contributed by atoms with van der Waals surface area (Å²) in [5, 5.41) is 6.74. The van der Waals surface area contributed by atoms with Crippen molar-refractivity contribution >= 4 is 22.6 Å². The van der Waals surface area contributed by atoms with Crippen LogP contribution in [0.1, 0.15) is 23.2 Å². The zero-order chi connectivity index (χ0) is 29.0. The number of fused-ring (bicyclic) bond motifs is 1. The molecule has 0 saturated carbocycles. The van der Waals surface area contributed by atoms with E-state index in [-0.39, 0.29) is 18.4 Å². The number of carbonyl (C=O) groups is 1. The van der Waals surface area contributed by atoms with Crippen molar-refractivity contribution in [1.82, 2.24) is 25.5 Å². The minimum absolute atomic E-state index is 0.208. The van der Waals surface area contributed by atoms with Gasteiger partial charge >= 0.3 is 12.2 Å². The molecule has 1 aliphatic heterocycles. The maximum Gasteiger partial charge on any atom is 0.416 e. The third kappa shape index (κ3) is 6.51. The Kier molecular flexibility index (Phi) is 8.25. The smallest absolute Gasteiger partial charge is 0.416 e. The summed E-state index contributed by atoms with van der Waals surface area (Å²) >= 11 is 0. The van der Waals surface area contributed by atoms with Crippen LogP contribution in [0.2, 0.25) is 0 Å². The summed E-state index contributed by atoms with van der Waals surface area (Å²) in [6, 6.07) is 13.2. The third-order valence-electron chi connectivity index (χ3n) is 6.99. The van der Waals surface area contributed by atoms with Gasteiger partial charge in [0.2, 0.25) is 0 Å². The summed E-state index contributed by atoms with van der Waals surface area (Å²) in [7, 11) is 1.55. The normalized spacial score (nSPS) is 13.8. The van der Waals surface area contributed by atoms with Crippen molar-refractivity contribution < 1.29 is 27.1 Å². The van der Waals surface area contributed by atoms with Gasteiger partial charge in [0, 0.05) is 55.6 Å². The highest BCUT2D eigenvalue weighted by atomic mass is 19.4. The molecule has 0 fully saturated rings. The standard InChI is InChI=1S/C30H29F4N5O2/c1-41-27-6-5-22(31)16-24(27)23-7-10-36-28-25(23)17-26(38-28)20-8-13-39(14-9-20)29(40)37-12-11-35-18-19-3-2-4-21(15-19)30(32,33)34/h2-8,10,15-17,35H,9,11-14,18H2,1H3,(H,36,38)(H,37,40). The number of carbonyl (C=O) groups excluding carboxylic acids is 1. The minimum atomic E-state index is -4.38. The highest BCUT2D eigenvalue weighted by molar-refractivity contribution is 5.96. The van der Waals surface area contributed by atoms with E-state index in [1.807, 2.05) is 18.2 Å². The van der Waals surface area contributed by atoms with Crippen molar-refractivity contribution in [3.63, 3.8) is 0 Å². The quantitative estimate of drug-likeness (QED) is 0.181. The Balaban J connectivity index is 1.16. The molecular formula is C30H29F4N5O2. The molecule has 2 aromatic heterocycles. The number of pyridine rings is 1. The van der Waals surface area contributed by atoms with Gasteiger partial charge in [0.1, 0.15) is 17.2 Å². The van der Waals surface area contributed by atoms with Gasteiger partial charge in [0.05, 0.1) is 12.7 Å². The molecule has 214 valence electrons. The van der Waals surface area contributed by atoms with Crippen LogP contribution in [0.4, 0.5) is 22.4 Å². The van der Waals surface area contributed by atoms with Crippen molar-refractivity contribution in [2.75, 3.05) is 33.3 Å². The van der Waals surface area contributed by atoms with Gasteiger partial charge in [-0.05, 0) is 59.5 Å². The van der Waals surface area contributed by atoms with Gasteiger partial charge < -0.3 is 25.3 Å². The first-order chi connectivity index (χ1) is 19.7. The van der Waals surface area contributed by atoms with E-state index in [0.717, 1.165) is 34.3 Å². The van der Waals surface area contributed by atoms with Gasteiger partial charge in [-0.3, -0.25) is 0 Å². The van der Waals surface area contributed by atoms with Gasteiger partial charge in [0.15, 0.2) is 0 Å². The number of ether oxygens (including phenoxy) is 1. The number of aromatic nitrogens is 2. The number of amides is 2. The lowest BCUT2D eigenvalue weighted by Crippen LogP contribution is -2.44. The lowest BCUT2D eigenvalue weighted by Gasteiger charge is -2.26. The molecular weight excluding hydrogens is 538 g/mol. The average Bonchev–Trinajstić information content (AvgIpc) is 3.41. The third-order valence-corrected chi connectivity index (χ3v) is 6.99. The summed E-state index contributed by atoms with van der Waals surface area (Å²) in [5.74, 6) is 0.201. The highest BCUT2D eigenvalue weighted by Crippen LogP contribution is 2.36. The summed E-state index contributed by atoms with van der Waals surface area (Å²) in [6.07, 6.45) is -0.0925. The van der Waals surface area contributed by atoms with Gasteiger partial charge in [-0.1, -0.05) is 24.3 Å². The van der Waals surface area contributed by atoms with E-state index in [0.29, 0.717) is 55.1 Å². The van der Waals surface area contributed by atoms with Crippen LogP contribution in [0.5, 0.6) is 5.75 Å². The lowest BCUT2D eigenvalue weighted by molar-refractivity contribution is -0.137. The highest BCUT2D eigenvalue weighted by Gasteiger charge is 2.30. The SMILES string of the molecule is COc1ccc(F)cc1-c1ccnc2[nH]c(C3=CCN(C(=O)NCCNCc4cccc(C(F)(F)F)c4)CC3)cc12. The number of rotatable bonds is 8. The molecule has 0 aliphatic carbocycles. The second-order valence-electron chi connectivity index (χ2n) is 9.68. The molecule has 0 radical (unpaired) electrons. The van der Waals surface area contributed by atoms with E-state index in [4.69, 9.17) is 4.74 Å². The number of nitrogens with zero attached hydrogens (tertiary/aromatic N) is 2. The molecule has 1 aliphatic rings. The largest absolute Gasteiger partial charge is 0.496 e. The average molecular weight is 568 g/mol. The van der Waals surface area contributed by atoms with E-state index < -0.39 is 11.7 Å². The summed E-state index contributed by atoms with van der Waals surface area (Å²) in [4.78, 5) is 22.1. The molecule has 41 heavy (non-hydrogen) atoms. The fraction of sp³-hybridized carbons (Fsp3) is 0.267. The van der Waals surface area contributed by atoms with E-state index in [1.165, 1.54) is 18.2 Å². The fourth-order valence-electron chi connectivity index (χ4n) is 4.88. The number of H-pyrrole nitrogens is 1. The second-order valence-corrected chi connectivity index (χ2v) is 9.68. The van der Waals surface area contributed by atoms with Gasteiger partial charge in [0.25, 0.3) is 0 Å². The van der Waals surface area contributed by atoms with E-state index >= 15 is 0 Å². The fourth-order valence-corrected chi connectivity index (χ4v) is 4.88. The van der Waals surface area contributed by atoms with Crippen LogP contribution in [0.3, 0.4) is 0 Å².